The number of ether oxygens (including phenoxy) is 1. The Hall–Kier alpha value is -2.61. The van der Waals surface area contributed by atoms with Gasteiger partial charge in [0, 0.05) is 30.2 Å². The molecular formula is C25H34FN3O4. The molecule has 1 amide bonds. The Kier molecular flexibility index (Phi) is 6.66. The molecule has 3 heterocycles. The molecule has 1 atom stereocenters. The van der Waals surface area contributed by atoms with Gasteiger partial charge >= 0.3 is 12.1 Å². The fourth-order valence-electron chi connectivity index (χ4n) is 5.33. The molecule has 2 aromatic rings. The monoisotopic (exact) mass is 459 g/mol. The van der Waals surface area contributed by atoms with Gasteiger partial charge in [-0.25, -0.2) is 9.18 Å². The minimum atomic E-state index is -0.785. The molecular weight excluding hydrogens is 425 g/mol. The van der Waals surface area contributed by atoms with Crippen molar-refractivity contribution in [3.05, 3.63) is 35.8 Å². The number of fused-ring (bicyclic) bond motifs is 1. The van der Waals surface area contributed by atoms with Gasteiger partial charge in [0.15, 0.2) is 0 Å². The number of carboxylic acid groups (broad SMARTS) is 1. The van der Waals surface area contributed by atoms with Gasteiger partial charge < -0.3 is 19.7 Å². The fraction of sp³-hybridized carbons (Fsp3) is 0.600. The Morgan fingerprint density at radius 2 is 1.79 bits per heavy atom. The lowest BCUT2D eigenvalue weighted by atomic mass is 9.84. The van der Waals surface area contributed by atoms with Crippen LogP contribution in [0.4, 0.5) is 9.18 Å². The SMILES string of the molecule is CC(C)(C)OC(=O)N1CCC(C(C(=O)O)N2CCC(c3c[nH]c4cc(F)ccc34)CC2)CC1. The lowest BCUT2D eigenvalue weighted by molar-refractivity contribution is -0.147. The maximum Gasteiger partial charge on any atom is 0.410 e. The van der Waals surface area contributed by atoms with Crippen molar-refractivity contribution in [2.24, 2.45) is 5.92 Å². The van der Waals surface area contributed by atoms with E-state index in [1.807, 2.05) is 33.0 Å². The molecule has 0 spiro atoms. The predicted octanol–water partition coefficient (Wildman–Crippen LogP) is 4.59. The van der Waals surface area contributed by atoms with Gasteiger partial charge in [-0.15, -0.1) is 0 Å². The molecule has 33 heavy (non-hydrogen) atoms. The van der Waals surface area contributed by atoms with Crippen LogP contribution in [0.1, 0.15) is 57.9 Å². The van der Waals surface area contributed by atoms with Gasteiger partial charge in [0.2, 0.25) is 0 Å². The Morgan fingerprint density at radius 1 is 1.12 bits per heavy atom. The molecule has 1 aromatic heterocycles. The van der Waals surface area contributed by atoms with E-state index < -0.39 is 17.6 Å². The minimum Gasteiger partial charge on any atom is -0.480 e. The Labute approximate surface area is 193 Å². The molecule has 0 bridgehead atoms. The molecule has 4 rings (SSSR count). The molecule has 7 nitrogen and oxygen atoms in total. The van der Waals surface area contributed by atoms with E-state index in [-0.39, 0.29) is 17.8 Å². The van der Waals surface area contributed by atoms with Crippen molar-refractivity contribution in [1.82, 2.24) is 14.8 Å². The normalized spacial score (nSPS) is 20.2. The van der Waals surface area contributed by atoms with Crippen LogP contribution in [0.25, 0.3) is 10.9 Å². The second-order valence-electron chi connectivity index (χ2n) is 10.3. The first-order valence-corrected chi connectivity index (χ1v) is 11.8. The largest absolute Gasteiger partial charge is 0.480 e. The number of H-pyrrole nitrogens is 1. The third kappa shape index (κ3) is 5.32. The van der Waals surface area contributed by atoms with Crippen LogP contribution in [0.15, 0.2) is 24.4 Å². The summed E-state index contributed by atoms with van der Waals surface area (Å²) in [6.45, 7) is 7.99. The summed E-state index contributed by atoms with van der Waals surface area (Å²) in [7, 11) is 0. The summed E-state index contributed by atoms with van der Waals surface area (Å²) in [4.78, 5) is 31.5. The van der Waals surface area contributed by atoms with E-state index in [4.69, 9.17) is 4.74 Å². The van der Waals surface area contributed by atoms with Crippen molar-refractivity contribution < 1.29 is 23.8 Å². The number of piperidine rings is 2. The number of hydrogen-bond donors (Lipinski definition) is 2. The number of carbonyl (C=O) groups is 2. The van der Waals surface area contributed by atoms with E-state index in [1.54, 1.807) is 4.90 Å². The van der Waals surface area contributed by atoms with Crippen molar-refractivity contribution >= 4 is 23.0 Å². The molecule has 0 radical (unpaired) electrons. The van der Waals surface area contributed by atoms with E-state index in [0.29, 0.717) is 44.9 Å². The number of nitrogens with zero attached hydrogens (tertiary/aromatic N) is 2. The summed E-state index contributed by atoms with van der Waals surface area (Å²) in [6, 6.07) is 4.28. The quantitative estimate of drug-likeness (QED) is 0.699. The van der Waals surface area contributed by atoms with E-state index >= 15 is 0 Å². The summed E-state index contributed by atoms with van der Waals surface area (Å²) in [6.07, 6.45) is 4.68. The summed E-state index contributed by atoms with van der Waals surface area (Å²) < 4.78 is 19.0. The number of amides is 1. The lowest BCUT2D eigenvalue weighted by Crippen LogP contribution is -2.52. The molecule has 0 aliphatic carbocycles. The van der Waals surface area contributed by atoms with Crippen LogP contribution in [0.2, 0.25) is 0 Å². The molecule has 2 saturated heterocycles. The molecule has 2 fully saturated rings. The zero-order valence-corrected chi connectivity index (χ0v) is 19.6. The maximum atomic E-state index is 13.5. The second kappa shape index (κ2) is 9.33. The molecule has 2 aliphatic heterocycles. The van der Waals surface area contributed by atoms with E-state index in [9.17, 15) is 19.1 Å². The van der Waals surface area contributed by atoms with Crippen molar-refractivity contribution in [2.75, 3.05) is 26.2 Å². The number of rotatable bonds is 4. The standard InChI is InChI=1S/C25H34FN3O4/c1-25(2,3)33-24(32)29-12-8-17(9-13-29)22(23(30)31)28-10-6-16(7-11-28)20-15-27-21-14-18(26)4-5-19(20)21/h4-5,14-17,22,27H,6-13H2,1-3H3,(H,30,31). The Balaban J connectivity index is 1.36. The number of hydrogen-bond acceptors (Lipinski definition) is 4. The van der Waals surface area contributed by atoms with Gasteiger partial charge in [-0.1, -0.05) is 0 Å². The molecule has 0 saturated carbocycles. The highest BCUT2D eigenvalue weighted by Crippen LogP contribution is 2.35. The maximum absolute atomic E-state index is 13.5. The van der Waals surface area contributed by atoms with Crippen molar-refractivity contribution in [3.8, 4) is 0 Å². The highest BCUT2D eigenvalue weighted by molar-refractivity contribution is 5.83. The lowest BCUT2D eigenvalue weighted by Gasteiger charge is -2.42. The first-order chi connectivity index (χ1) is 15.6. The van der Waals surface area contributed by atoms with E-state index in [0.717, 1.165) is 23.7 Å². The van der Waals surface area contributed by atoms with Crippen molar-refractivity contribution in [1.29, 1.82) is 0 Å². The first-order valence-electron chi connectivity index (χ1n) is 11.8. The number of benzene rings is 1. The number of aromatic amines is 1. The number of nitrogens with one attached hydrogen (secondary N) is 1. The summed E-state index contributed by atoms with van der Waals surface area (Å²) >= 11 is 0. The van der Waals surface area contributed by atoms with Gasteiger partial charge in [-0.2, -0.15) is 0 Å². The van der Waals surface area contributed by atoms with Gasteiger partial charge in [-0.05, 0) is 95.1 Å². The third-order valence-corrected chi connectivity index (χ3v) is 6.93. The number of likely N-dealkylation sites (tertiary alicyclic amines) is 2. The third-order valence-electron chi connectivity index (χ3n) is 6.93. The zero-order chi connectivity index (χ0) is 23.8. The van der Waals surface area contributed by atoms with Crippen LogP contribution >= 0.6 is 0 Å². The summed E-state index contributed by atoms with van der Waals surface area (Å²) in [5.74, 6) is -0.711. The van der Waals surface area contributed by atoms with Gasteiger partial charge in [0.25, 0.3) is 0 Å². The summed E-state index contributed by atoms with van der Waals surface area (Å²) in [5, 5.41) is 11.1. The second-order valence-corrected chi connectivity index (χ2v) is 10.3. The molecule has 2 N–H and O–H groups in total. The van der Waals surface area contributed by atoms with Crippen molar-refractivity contribution in [3.63, 3.8) is 0 Å². The number of carbonyl (C=O) groups excluding carboxylic acids is 1. The topological polar surface area (TPSA) is 85.9 Å². The summed E-state index contributed by atoms with van der Waals surface area (Å²) in [5.41, 5.74) is 1.44. The number of halogens is 1. The van der Waals surface area contributed by atoms with Gasteiger partial charge in [0.05, 0.1) is 0 Å². The smallest absolute Gasteiger partial charge is 0.410 e. The van der Waals surface area contributed by atoms with Crippen LogP contribution in [0.3, 0.4) is 0 Å². The predicted molar refractivity (Wildman–Crippen MR) is 124 cm³/mol. The van der Waals surface area contributed by atoms with E-state index in [2.05, 4.69) is 9.88 Å². The first kappa shape index (κ1) is 23.5. The van der Waals surface area contributed by atoms with Crippen LogP contribution < -0.4 is 0 Å². The van der Waals surface area contributed by atoms with Crippen LogP contribution in [0.5, 0.6) is 0 Å². The van der Waals surface area contributed by atoms with Crippen molar-refractivity contribution in [2.45, 2.75) is 64.0 Å². The average molecular weight is 460 g/mol. The number of aromatic nitrogens is 1. The molecule has 2 aliphatic rings. The molecule has 8 heteroatoms. The zero-order valence-electron chi connectivity index (χ0n) is 19.6. The van der Waals surface area contributed by atoms with Gasteiger partial charge in [0.1, 0.15) is 17.5 Å². The molecule has 1 unspecified atom stereocenters. The molecule has 180 valence electrons. The number of carboxylic acids is 1. The number of aliphatic carboxylic acids is 1. The Bertz CT molecular complexity index is 999. The van der Waals surface area contributed by atoms with E-state index in [1.165, 1.54) is 17.7 Å². The Morgan fingerprint density at radius 3 is 2.39 bits per heavy atom. The molecule has 1 aromatic carbocycles. The highest BCUT2D eigenvalue weighted by atomic mass is 19.1. The van der Waals surface area contributed by atoms with Crippen LogP contribution in [-0.4, -0.2) is 69.8 Å². The van der Waals surface area contributed by atoms with Crippen LogP contribution in [-0.2, 0) is 9.53 Å². The minimum absolute atomic E-state index is 0.00815. The highest BCUT2D eigenvalue weighted by Gasteiger charge is 2.39. The fourth-order valence-corrected chi connectivity index (χ4v) is 5.33. The van der Waals surface area contributed by atoms with Crippen LogP contribution in [0, 0.1) is 11.7 Å². The van der Waals surface area contributed by atoms with Gasteiger partial charge in [-0.3, -0.25) is 9.69 Å². The average Bonchev–Trinajstić information content (AvgIpc) is 3.16.